The lowest BCUT2D eigenvalue weighted by molar-refractivity contribution is -0.154. The van der Waals surface area contributed by atoms with Gasteiger partial charge in [0.05, 0.1) is 25.5 Å². The van der Waals surface area contributed by atoms with Crippen molar-refractivity contribution in [3.05, 3.63) is 59.7 Å². The highest BCUT2D eigenvalue weighted by Gasteiger charge is 2.19. The molecule has 2 heterocycles. The Bertz CT molecular complexity index is 879. The number of carbonyl (C=O) groups excluding carboxylic acids is 2. The molecule has 3 rings (SSSR count). The van der Waals surface area contributed by atoms with E-state index in [4.69, 9.17) is 13.6 Å². The van der Waals surface area contributed by atoms with Gasteiger partial charge in [0.2, 0.25) is 0 Å². The van der Waals surface area contributed by atoms with Gasteiger partial charge in [-0.2, -0.15) is 0 Å². The third-order valence-electron chi connectivity index (χ3n) is 3.84. The summed E-state index contributed by atoms with van der Waals surface area (Å²) in [4.78, 5) is 24.1. The fourth-order valence-electron chi connectivity index (χ4n) is 2.51. The number of nitrogens with one attached hydrogen (secondary N) is 1. The van der Waals surface area contributed by atoms with Crippen LogP contribution < -0.4 is 5.32 Å². The summed E-state index contributed by atoms with van der Waals surface area (Å²) >= 11 is 0. The van der Waals surface area contributed by atoms with Crippen LogP contribution in [0, 0.1) is 6.92 Å². The highest BCUT2D eigenvalue weighted by Crippen LogP contribution is 2.23. The molecule has 0 aliphatic rings. The summed E-state index contributed by atoms with van der Waals surface area (Å²) in [6.07, 6.45) is 2.24. The van der Waals surface area contributed by atoms with Crippen LogP contribution in [0.2, 0.25) is 0 Å². The summed E-state index contributed by atoms with van der Waals surface area (Å²) in [5.41, 5.74) is 2.55. The van der Waals surface area contributed by atoms with E-state index >= 15 is 0 Å². The van der Waals surface area contributed by atoms with E-state index in [0.29, 0.717) is 5.76 Å². The van der Waals surface area contributed by atoms with Crippen LogP contribution in [0.15, 0.2) is 51.7 Å². The van der Waals surface area contributed by atoms with Gasteiger partial charge in [-0.15, -0.1) is 0 Å². The Morgan fingerprint density at radius 2 is 2.08 bits per heavy atom. The number of carbonyl (C=O) groups is 2. The van der Waals surface area contributed by atoms with Crippen LogP contribution in [0.1, 0.15) is 23.8 Å². The van der Waals surface area contributed by atoms with Crippen molar-refractivity contribution in [2.45, 2.75) is 32.9 Å². The number of rotatable bonds is 6. The number of ether oxygens (including phenoxy) is 1. The van der Waals surface area contributed by atoms with Gasteiger partial charge >= 0.3 is 5.97 Å². The van der Waals surface area contributed by atoms with Crippen molar-refractivity contribution >= 4 is 22.8 Å². The van der Waals surface area contributed by atoms with E-state index in [1.54, 1.807) is 18.4 Å². The molecule has 1 atom stereocenters. The monoisotopic (exact) mass is 341 g/mol. The molecule has 3 aromatic rings. The molecule has 6 heteroatoms. The van der Waals surface area contributed by atoms with E-state index in [1.165, 1.54) is 13.2 Å². The molecule has 0 bridgehead atoms. The van der Waals surface area contributed by atoms with Crippen LogP contribution in [0.3, 0.4) is 0 Å². The van der Waals surface area contributed by atoms with Gasteiger partial charge in [-0.1, -0.05) is 12.1 Å². The fraction of sp³-hybridized carbons (Fsp3) is 0.263. The van der Waals surface area contributed by atoms with Crippen molar-refractivity contribution in [1.82, 2.24) is 5.32 Å². The van der Waals surface area contributed by atoms with Crippen LogP contribution in [0.25, 0.3) is 11.0 Å². The predicted octanol–water partition coefficient (Wildman–Crippen LogP) is 3.12. The first kappa shape index (κ1) is 16.8. The zero-order valence-electron chi connectivity index (χ0n) is 14.1. The van der Waals surface area contributed by atoms with Gasteiger partial charge in [-0.3, -0.25) is 9.59 Å². The molecule has 1 aromatic carbocycles. The van der Waals surface area contributed by atoms with Crippen molar-refractivity contribution < 1.29 is 23.2 Å². The first-order chi connectivity index (χ1) is 12.0. The second-order valence-corrected chi connectivity index (χ2v) is 5.87. The zero-order valence-corrected chi connectivity index (χ0v) is 14.1. The average Bonchev–Trinajstić information content (AvgIpc) is 3.22. The number of amides is 1. The van der Waals surface area contributed by atoms with Gasteiger partial charge in [-0.05, 0) is 37.6 Å². The second kappa shape index (κ2) is 7.25. The first-order valence-electron chi connectivity index (χ1n) is 7.99. The summed E-state index contributed by atoms with van der Waals surface area (Å²) in [7, 11) is 0. The largest absolute Gasteiger partial charge is 0.467 e. The van der Waals surface area contributed by atoms with Crippen molar-refractivity contribution in [2.75, 3.05) is 0 Å². The molecule has 0 fully saturated rings. The molecule has 0 unspecified atom stereocenters. The average molecular weight is 341 g/mol. The van der Waals surface area contributed by atoms with Crippen LogP contribution in [0.5, 0.6) is 0 Å². The summed E-state index contributed by atoms with van der Waals surface area (Å²) in [6.45, 7) is 3.75. The van der Waals surface area contributed by atoms with Crippen molar-refractivity contribution in [2.24, 2.45) is 0 Å². The highest BCUT2D eigenvalue weighted by atomic mass is 16.5. The predicted molar refractivity (Wildman–Crippen MR) is 90.8 cm³/mol. The normalized spacial score (nSPS) is 12.1. The Kier molecular flexibility index (Phi) is 4.88. The molecule has 0 radical (unpaired) electrons. The van der Waals surface area contributed by atoms with Gasteiger partial charge in [0.1, 0.15) is 11.3 Å². The second-order valence-electron chi connectivity index (χ2n) is 5.87. The number of fused-ring (bicyclic) bond motifs is 1. The van der Waals surface area contributed by atoms with Crippen LogP contribution >= 0.6 is 0 Å². The minimum Gasteiger partial charge on any atom is -0.467 e. The fourth-order valence-corrected chi connectivity index (χ4v) is 2.51. The molecule has 1 amide bonds. The minimum atomic E-state index is -0.886. The third-order valence-corrected chi connectivity index (χ3v) is 3.84. The number of benzene rings is 1. The minimum absolute atomic E-state index is 0.0475. The number of aryl methyl sites for hydroxylation is 1. The van der Waals surface area contributed by atoms with Crippen molar-refractivity contribution in [3.63, 3.8) is 0 Å². The first-order valence-corrected chi connectivity index (χ1v) is 7.99. The molecule has 2 aromatic heterocycles. The van der Waals surface area contributed by atoms with Crippen LogP contribution in [0.4, 0.5) is 0 Å². The molecule has 0 aliphatic heterocycles. The van der Waals surface area contributed by atoms with Crippen LogP contribution in [-0.2, 0) is 27.3 Å². The maximum atomic E-state index is 12.1. The molecular formula is C19H19NO5. The van der Waals surface area contributed by atoms with E-state index in [0.717, 1.165) is 22.1 Å². The van der Waals surface area contributed by atoms with E-state index in [-0.39, 0.29) is 18.9 Å². The standard InChI is InChI=1S/C19H19NO5/c1-12-5-6-16-14(11-24-17(16)8-12)9-18(21)25-13(2)19(22)20-10-15-4-3-7-23-15/h3-8,11,13H,9-10H2,1-2H3,(H,20,22)/t13-/m0/s1. The molecule has 0 saturated heterocycles. The topological polar surface area (TPSA) is 81.7 Å². The maximum Gasteiger partial charge on any atom is 0.311 e. The number of esters is 1. The van der Waals surface area contributed by atoms with Gasteiger partial charge in [0.25, 0.3) is 5.91 Å². The summed E-state index contributed by atoms with van der Waals surface area (Å²) in [5, 5.41) is 3.53. The third kappa shape index (κ3) is 4.09. The summed E-state index contributed by atoms with van der Waals surface area (Å²) in [6, 6.07) is 9.27. The maximum absolute atomic E-state index is 12.1. The molecule has 130 valence electrons. The molecule has 25 heavy (non-hydrogen) atoms. The number of hydrogen-bond donors (Lipinski definition) is 1. The van der Waals surface area contributed by atoms with Gasteiger partial charge in [0, 0.05) is 10.9 Å². The number of hydrogen-bond acceptors (Lipinski definition) is 5. The lowest BCUT2D eigenvalue weighted by Crippen LogP contribution is -2.35. The Morgan fingerprint density at radius 1 is 1.24 bits per heavy atom. The van der Waals surface area contributed by atoms with E-state index in [2.05, 4.69) is 5.32 Å². The molecule has 0 spiro atoms. The number of furan rings is 2. The molecule has 0 saturated carbocycles. The Hall–Kier alpha value is -3.02. The lowest BCUT2D eigenvalue weighted by atomic mass is 10.1. The van der Waals surface area contributed by atoms with E-state index < -0.39 is 12.1 Å². The van der Waals surface area contributed by atoms with Gasteiger partial charge < -0.3 is 18.9 Å². The quantitative estimate of drug-likeness (QED) is 0.697. The van der Waals surface area contributed by atoms with Crippen LogP contribution in [-0.4, -0.2) is 18.0 Å². The van der Waals surface area contributed by atoms with E-state index in [9.17, 15) is 9.59 Å². The molecule has 0 aliphatic carbocycles. The zero-order chi connectivity index (χ0) is 17.8. The smallest absolute Gasteiger partial charge is 0.311 e. The Balaban J connectivity index is 1.54. The SMILES string of the molecule is Cc1ccc2c(CC(=O)O[C@@H](C)C(=O)NCc3ccco3)coc2c1. The van der Waals surface area contributed by atoms with Gasteiger partial charge in [0.15, 0.2) is 6.10 Å². The summed E-state index contributed by atoms with van der Waals surface area (Å²) in [5.74, 6) is -0.228. The molecular weight excluding hydrogens is 322 g/mol. The van der Waals surface area contributed by atoms with Gasteiger partial charge in [-0.25, -0.2) is 0 Å². The lowest BCUT2D eigenvalue weighted by Gasteiger charge is -2.12. The summed E-state index contributed by atoms with van der Waals surface area (Å²) < 4.78 is 15.8. The van der Waals surface area contributed by atoms with E-state index in [1.807, 2.05) is 25.1 Å². The molecule has 1 N–H and O–H groups in total. The highest BCUT2D eigenvalue weighted by molar-refractivity contribution is 5.88. The van der Waals surface area contributed by atoms with Crippen molar-refractivity contribution in [3.8, 4) is 0 Å². The Morgan fingerprint density at radius 3 is 2.84 bits per heavy atom. The Labute approximate surface area is 144 Å². The van der Waals surface area contributed by atoms with Crippen molar-refractivity contribution in [1.29, 1.82) is 0 Å². The molecule has 6 nitrogen and oxygen atoms in total.